The van der Waals surface area contributed by atoms with E-state index in [4.69, 9.17) is 4.74 Å². The van der Waals surface area contributed by atoms with Crippen LogP contribution in [0.15, 0.2) is 41.2 Å². The highest BCUT2D eigenvalue weighted by Gasteiger charge is 2.17. The number of carbonyl (C=O) groups excluding carboxylic acids is 1. The molecular weight excluding hydrogens is 282 g/mol. The van der Waals surface area contributed by atoms with E-state index in [0.29, 0.717) is 28.8 Å². The fourth-order valence-corrected chi connectivity index (χ4v) is 2.39. The van der Waals surface area contributed by atoms with Crippen LogP contribution in [-0.2, 0) is 6.54 Å². The molecule has 0 saturated carbocycles. The number of ether oxygens (including phenoxy) is 1. The van der Waals surface area contributed by atoms with Crippen LogP contribution in [0.2, 0.25) is 0 Å². The highest BCUT2D eigenvalue weighted by molar-refractivity contribution is 6.09. The molecule has 2 aromatic heterocycles. The zero-order valence-electron chi connectivity index (χ0n) is 12.3. The predicted octanol–water partition coefficient (Wildman–Crippen LogP) is 1.98. The molecule has 6 nitrogen and oxygen atoms in total. The van der Waals surface area contributed by atoms with E-state index < -0.39 is 0 Å². The van der Waals surface area contributed by atoms with Gasteiger partial charge in [-0.05, 0) is 13.0 Å². The third-order valence-corrected chi connectivity index (χ3v) is 3.49. The number of hydrogen-bond acceptors (Lipinski definition) is 4. The Kier molecular flexibility index (Phi) is 3.50. The molecule has 0 aliphatic rings. The Morgan fingerprint density at radius 1 is 1.32 bits per heavy atom. The number of hydrogen-bond donors (Lipinski definition) is 1. The molecular formula is C16H15N3O3. The second kappa shape index (κ2) is 5.48. The van der Waals surface area contributed by atoms with Gasteiger partial charge in [-0.1, -0.05) is 30.3 Å². The summed E-state index contributed by atoms with van der Waals surface area (Å²) in [4.78, 5) is 32.0. The maximum atomic E-state index is 12.4. The monoisotopic (exact) mass is 297 g/mol. The smallest absolute Gasteiger partial charge is 0.300 e. The molecule has 0 spiro atoms. The first-order valence-corrected chi connectivity index (χ1v) is 6.93. The lowest BCUT2D eigenvalue weighted by Crippen LogP contribution is -2.21. The molecule has 0 aliphatic heterocycles. The predicted molar refractivity (Wildman–Crippen MR) is 82.5 cm³/mol. The van der Waals surface area contributed by atoms with E-state index in [2.05, 4.69) is 9.97 Å². The van der Waals surface area contributed by atoms with Crippen LogP contribution in [0.1, 0.15) is 23.0 Å². The summed E-state index contributed by atoms with van der Waals surface area (Å²) in [7, 11) is 1.46. The van der Waals surface area contributed by atoms with E-state index in [1.165, 1.54) is 11.7 Å². The van der Waals surface area contributed by atoms with Crippen molar-refractivity contribution < 1.29 is 9.53 Å². The highest BCUT2D eigenvalue weighted by Crippen LogP contribution is 2.16. The first-order chi connectivity index (χ1) is 10.7. The number of nitrogens with one attached hydrogen (secondary N) is 1. The SMILES string of the molecule is CCn1c(OC)nc2[nH]c(C(=O)c3ccccc3)cc2c1=O. The van der Waals surface area contributed by atoms with Gasteiger partial charge >= 0.3 is 6.01 Å². The van der Waals surface area contributed by atoms with Gasteiger partial charge in [-0.15, -0.1) is 0 Å². The number of nitrogens with zero attached hydrogens (tertiary/aromatic N) is 2. The average Bonchev–Trinajstić information content (AvgIpc) is 2.99. The van der Waals surface area contributed by atoms with Crippen molar-refractivity contribution in [1.82, 2.24) is 14.5 Å². The first kappa shape index (κ1) is 14.1. The number of aromatic nitrogens is 3. The van der Waals surface area contributed by atoms with Crippen molar-refractivity contribution in [2.45, 2.75) is 13.5 Å². The molecule has 112 valence electrons. The van der Waals surface area contributed by atoms with Crippen molar-refractivity contribution >= 4 is 16.8 Å². The summed E-state index contributed by atoms with van der Waals surface area (Å²) in [6.45, 7) is 2.28. The normalized spacial score (nSPS) is 10.8. The van der Waals surface area contributed by atoms with Crippen LogP contribution in [0, 0.1) is 0 Å². The van der Waals surface area contributed by atoms with Gasteiger partial charge in [-0.25, -0.2) is 0 Å². The van der Waals surface area contributed by atoms with Crippen LogP contribution < -0.4 is 10.3 Å². The zero-order valence-corrected chi connectivity index (χ0v) is 12.3. The van der Waals surface area contributed by atoms with Gasteiger partial charge in [-0.2, -0.15) is 4.98 Å². The standard InChI is InChI=1S/C16H15N3O3/c1-3-19-15(21)11-9-12(17-14(11)18-16(19)22-2)13(20)10-7-5-4-6-8-10/h4-9,17H,3H2,1-2H3. The molecule has 22 heavy (non-hydrogen) atoms. The molecule has 0 aliphatic carbocycles. The van der Waals surface area contributed by atoms with Crippen molar-refractivity contribution in [3.8, 4) is 6.01 Å². The van der Waals surface area contributed by atoms with Gasteiger partial charge in [0.25, 0.3) is 5.56 Å². The number of fused-ring (bicyclic) bond motifs is 1. The van der Waals surface area contributed by atoms with Crippen LogP contribution >= 0.6 is 0 Å². The van der Waals surface area contributed by atoms with Gasteiger partial charge in [0, 0.05) is 12.1 Å². The lowest BCUT2D eigenvalue weighted by atomic mass is 10.1. The summed E-state index contributed by atoms with van der Waals surface area (Å²) in [6.07, 6.45) is 0. The molecule has 0 bridgehead atoms. The van der Waals surface area contributed by atoms with Crippen LogP contribution in [0.3, 0.4) is 0 Å². The second-order valence-corrected chi connectivity index (χ2v) is 4.79. The largest absolute Gasteiger partial charge is 0.468 e. The van der Waals surface area contributed by atoms with Gasteiger partial charge < -0.3 is 9.72 Å². The number of benzene rings is 1. The summed E-state index contributed by atoms with van der Waals surface area (Å²) < 4.78 is 6.55. The maximum Gasteiger partial charge on any atom is 0.300 e. The number of ketones is 1. The van der Waals surface area contributed by atoms with Crippen LogP contribution in [-0.4, -0.2) is 27.4 Å². The molecule has 0 atom stereocenters. The van der Waals surface area contributed by atoms with Crippen molar-refractivity contribution in [2.24, 2.45) is 0 Å². The van der Waals surface area contributed by atoms with Gasteiger partial charge in [0.1, 0.15) is 5.65 Å². The molecule has 1 aromatic carbocycles. The topological polar surface area (TPSA) is 77.0 Å². The van der Waals surface area contributed by atoms with Crippen molar-refractivity contribution in [3.63, 3.8) is 0 Å². The summed E-state index contributed by atoms with van der Waals surface area (Å²) in [5.74, 6) is -0.181. The second-order valence-electron chi connectivity index (χ2n) is 4.79. The summed E-state index contributed by atoms with van der Waals surface area (Å²) in [6, 6.07) is 10.7. The zero-order chi connectivity index (χ0) is 15.7. The van der Waals surface area contributed by atoms with E-state index in [-0.39, 0.29) is 17.4 Å². The van der Waals surface area contributed by atoms with Crippen molar-refractivity contribution in [3.05, 3.63) is 58.0 Å². The molecule has 3 rings (SSSR count). The average molecular weight is 297 g/mol. The van der Waals surface area contributed by atoms with Gasteiger partial charge in [0.2, 0.25) is 5.78 Å². The number of carbonyl (C=O) groups is 1. The molecule has 0 unspecified atom stereocenters. The molecule has 0 amide bonds. The minimum atomic E-state index is -0.229. The van der Waals surface area contributed by atoms with Gasteiger partial charge in [0.15, 0.2) is 0 Å². The van der Waals surface area contributed by atoms with Crippen LogP contribution in [0.4, 0.5) is 0 Å². The van der Waals surface area contributed by atoms with E-state index in [1.807, 2.05) is 13.0 Å². The quantitative estimate of drug-likeness (QED) is 0.747. The molecule has 0 radical (unpaired) electrons. The first-order valence-electron chi connectivity index (χ1n) is 6.93. The summed E-state index contributed by atoms with van der Waals surface area (Å²) in [5, 5.41) is 0.377. The van der Waals surface area contributed by atoms with Gasteiger partial charge in [-0.3, -0.25) is 14.2 Å². The van der Waals surface area contributed by atoms with E-state index in [0.717, 1.165) is 0 Å². The lowest BCUT2D eigenvalue weighted by molar-refractivity contribution is 0.103. The molecule has 3 aromatic rings. The highest BCUT2D eigenvalue weighted by atomic mass is 16.5. The molecule has 0 saturated heterocycles. The van der Waals surface area contributed by atoms with Gasteiger partial charge in [0.05, 0.1) is 18.2 Å². The molecule has 2 heterocycles. The lowest BCUT2D eigenvalue weighted by Gasteiger charge is -2.07. The number of aromatic amines is 1. The summed E-state index contributed by atoms with van der Waals surface area (Å²) >= 11 is 0. The van der Waals surface area contributed by atoms with Crippen molar-refractivity contribution in [2.75, 3.05) is 7.11 Å². The maximum absolute atomic E-state index is 12.4. The van der Waals surface area contributed by atoms with E-state index in [1.54, 1.807) is 30.3 Å². The Balaban J connectivity index is 2.16. The van der Waals surface area contributed by atoms with E-state index >= 15 is 0 Å². The molecule has 0 fully saturated rings. The van der Waals surface area contributed by atoms with Crippen LogP contribution in [0.5, 0.6) is 6.01 Å². The molecule has 1 N–H and O–H groups in total. The minimum Gasteiger partial charge on any atom is -0.468 e. The Labute approximate surface area is 126 Å². The Bertz CT molecular complexity index is 894. The number of H-pyrrole nitrogens is 1. The Morgan fingerprint density at radius 3 is 2.68 bits per heavy atom. The number of rotatable bonds is 4. The van der Waals surface area contributed by atoms with Crippen LogP contribution in [0.25, 0.3) is 11.0 Å². The third-order valence-electron chi connectivity index (χ3n) is 3.49. The van der Waals surface area contributed by atoms with E-state index in [9.17, 15) is 9.59 Å². The fourth-order valence-electron chi connectivity index (χ4n) is 2.39. The van der Waals surface area contributed by atoms with Crippen molar-refractivity contribution in [1.29, 1.82) is 0 Å². The minimum absolute atomic E-state index is 0.181. The Hall–Kier alpha value is -2.89. The third kappa shape index (κ3) is 2.18. The Morgan fingerprint density at radius 2 is 2.05 bits per heavy atom. The molecule has 6 heteroatoms. The summed E-state index contributed by atoms with van der Waals surface area (Å²) in [5.41, 5.74) is 1.01. The fraction of sp³-hybridized carbons (Fsp3) is 0.188. The number of methoxy groups -OCH3 is 1.